The highest BCUT2D eigenvalue weighted by atomic mass is 32.2. The number of alkyl halides is 4. The van der Waals surface area contributed by atoms with Gasteiger partial charge in [-0.3, -0.25) is 14.1 Å². The molecule has 0 aliphatic carbocycles. The smallest absolute Gasteiger partial charge is 0.350 e. The van der Waals surface area contributed by atoms with Crippen LogP contribution in [-0.2, 0) is 10.0 Å². The Balaban J connectivity index is 1.66. The van der Waals surface area contributed by atoms with Crippen molar-refractivity contribution < 1.29 is 30.4 Å². The second-order valence-electron chi connectivity index (χ2n) is 9.61. The average molecular weight is 575 g/mol. The molecule has 0 spiro atoms. The van der Waals surface area contributed by atoms with Gasteiger partial charge in [-0.2, -0.15) is 18.2 Å². The molecule has 9 nitrogen and oxygen atoms in total. The summed E-state index contributed by atoms with van der Waals surface area (Å²) in [5.74, 6) is -2.11. The van der Waals surface area contributed by atoms with Crippen LogP contribution in [0.25, 0.3) is 22.2 Å². The first-order valence-electron chi connectivity index (χ1n) is 12.1. The van der Waals surface area contributed by atoms with Crippen LogP contribution in [-0.4, -0.2) is 60.2 Å². The van der Waals surface area contributed by atoms with Crippen LogP contribution in [0, 0.1) is 5.82 Å². The number of pyridine rings is 1. The van der Waals surface area contributed by atoms with Crippen LogP contribution in [0.1, 0.15) is 32.7 Å². The van der Waals surface area contributed by atoms with Crippen LogP contribution in [0.3, 0.4) is 0 Å². The zero-order valence-corrected chi connectivity index (χ0v) is 21.8. The predicted molar refractivity (Wildman–Crippen MR) is 137 cm³/mol. The molecule has 0 radical (unpaired) electrons. The highest BCUT2D eigenvalue weighted by Crippen LogP contribution is 2.27. The fraction of sp³-hybridized carbons (Fsp3) is 0.458. The van der Waals surface area contributed by atoms with Gasteiger partial charge in [0.05, 0.1) is 17.9 Å². The molecule has 2 atom stereocenters. The van der Waals surface area contributed by atoms with E-state index in [4.69, 9.17) is 0 Å². The van der Waals surface area contributed by atoms with Crippen molar-refractivity contribution in [3.63, 3.8) is 0 Å². The molecule has 1 fully saturated rings. The van der Waals surface area contributed by atoms with Gasteiger partial charge >= 0.3 is 6.18 Å². The highest BCUT2D eigenvalue weighted by Gasteiger charge is 2.30. The maximum Gasteiger partial charge on any atom is 0.390 e. The molecule has 15 heteroatoms. The van der Waals surface area contributed by atoms with Gasteiger partial charge in [0.15, 0.2) is 0 Å². The van der Waals surface area contributed by atoms with Gasteiger partial charge < -0.3 is 10.6 Å². The normalized spacial score (nSPS) is 18.5. The summed E-state index contributed by atoms with van der Waals surface area (Å²) in [7, 11) is -4.46. The van der Waals surface area contributed by atoms with Crippen LogP contribution >= 0.6 is 0 Å². The summed E-state index contributed by atoms with van der Waals surface area (Å²) in [6.07, 6.45) is -5.51. The van der Waals surface area contributed by atoms with E-state index < -0.39 is 51.6 Å². The lowest BCUT2D eigenvalue weighted by molar-refractivity contribution is -0.129. The highest BCUT2D eigenvalue weighted by molar-refractivity contribution is 7.92. The predicted octanol–water partition coefficient (Wildman–Crippen LogP) is 3.98. The third-order valence-electron chi connectivity index (χ3n) is 6.12. The van der Waals surface area contributed by atoms with E-state index in [0.29, 0.717) is 17.6 Å². The van der Waals surface area contributed by atoms with Gasteiger partial charge in [0.2, 0.25) is 16.0 Å². The number of sulfonamides is 1. The molecule has 1 saturated heterocycles. The van der Waals surface area contributed by atoms with Gasteiger partial charge in [-0.05, 0) is 37.6 Å². The molecule has 4 rings (SSSR count). The van der Waals surface area contributed by atoms with Gasteiger partial charge in [0, 0.05) is 48.7 Å². The number of benzene rings is 1. The average Bonchev–Trinajstić information content (AvgIpc) is 2.83. The summed E-state index contributed by atoms with van der Waals surface area (Å²) in [5, 5.41) is 6.52. The first-order valence-corrected chi connectivity index (χ1v) is 13.8. The summed E-state index contributed by atoms with van der Waals surface area (Å²) in [4.78, 5) is 22.2. The fourth-order valence-electron chi connectivity index (χ4n) is 4.29. The zero-order chi connectivity index (χ0) is 28.5. The minimum atomic E-state index is -4.69. The number of halogens is 5. The molecule has 1 aliphatic rings. The lowest BCUT2D eigenvalue weighted by Gasteiger charge is -2.26. The van der Waals surface area contributed by atoms with Crippen molar-refractivity contribution in [2.75, 3.05) is 28.9 Å². The largest absolute Gasteiger partial charge is 0.390 e. The summed E-state index contributed by atoms with van der Waals surface area (Å²) >= 11 is 0. The van der Waals surface area contributed by atoms with Gasteiger partial charge in [-0.1, -0.05) is 6.07 Å². The van der Waals surface area contributed by atoms with Crippen molar-refractivity contribution in [1.29, 1.82) is 0 Å². The molecule has 0 bridgehead atoms. The maximum absolute atomic E-state index is 14.8. The molecular formula is C24H27F5N6O3S. The van der Waals surface area contributed by atoms with E-state index in [1.54, 1.807) is 13.8 Å². The minimum Gasteiger partial charge on any atom is -0.350 e. The molecule has 3 N–H and O–H groups in total. The Hall–Kier alpha value is -3.33. The standard InChI is InChI=1S/C24H27F5N6O3S/c1-13(2)35-21-15(10-31-23(33-21)32-17-9-16(25)11-30-12-17)7-18(22(35)36)14-3-4-20(19(26)8-14)34-39(37,38)6-5-24(27,28)29/h3-4,7-8,10,13,16-17,30,34H,5-6,9,11-12H2,1-2H3,(H,31,32,33)/t16-,17-/m0/s1. The van der Waals surface area contributed by atoms with Gasteiger partial charge in [0.1, 0.15) is 17.6 Å². The minimum absolute atomic E-state index is 0.0858. The van der Waals surface area contributed by atoms with Crippen molar-refractivity contribution in [2.45, 2.75) is 51.1 Å². The number of hydrogen-bond donors (Lipinski definition) is 3. The van der Waals surface area contributed by atoms with Crippen molar-refractivity contribution in [3.05, 3.63) is 46.6 Å². The quantitative estimate of drug-likeness (QED) is 0.349. The number of nitrogens with one attached hydrogen (secondary N) is 3. The number of piperidine rings is 1. The van der Waals surface area contributed by atoms with E-state index in [9.17, 15) is 35.2 Å². The van der Waals surface area contributed by atoms with E-state index in [0.717, 1.165) is 12.1 Å². The Kier molecular flexibility index (Phi) is 8.12. The molecule has 39 heavy (non-hydrogen) atoms. The second kappa shape index (κ2) is 11.0. The van der Waals surface area contributed by atoms with Crippen LogP contribution < -0.4 is 20.9 Å². The number of anilines is 2. The van der Waals surface area contributed by atoms with E-state index in [1.165, 1.54) is 22.9 Å². The second-order valence-corrected chi connectivity index (χ2v) is 11.5. The Morgan fingerprint density at radius 1 is 1.21 bits per heavy atom. The molecule has 1 aliphatic heterocycles. The summed E-state index contributed by atoms with van der Waals surface area (Å²) in [6.45, 7) is 4.33. The van der Waals surface area contributed by atoms with E-state index in [2.05, 4.69) is 20.6 Å². The Morgan fingerprint density at radius 2 is 1.95 bits per heavy atom. The number of aromatic nitrogens is 3. The summed E-state index contributed by atoms with van der Waals surface area (Å²) in [6, 6.07) is 4.13. The van der Waals surface area contributed by atoms with Gasteiger partial charge in [-0.25, -0.2) is 22.2 Å². The number of nitrogens with zero attached hydrogens (tertiary/aromatic N) is 3. The van der Waals surface area contributed by atoms with Crippen LogP contribution in [0.5, 0.6) is 0 Å². The van der Waals surface area contributed by atoms with Gasteiger partial charge in [0.25, 0.3) is 5.56 Å². The molecule has 212 valence electrons. The summed E-state index contributed by atoms with van der Waals surface area (Å²) in [5.41, 5.74) is -0.522. The fourth-order valence-corrected chi connectivity index (χ4v) is 5.39. The molecule has 0 amide bonds. The van der Waals surface area contributed by atoms with Crippen LogP contribution in [0.2, 0.25) is 0 Å². The number of fused-ring (bicyclic) bond motifs is 1. The first-order chi connectivity index (χ1) is 18.2. The van der Waals surface area contributed by atoms with Crippen molar-refractivity contribution in [1.82, 2.24) is 19.9 Å². The van der Waals surface area contributed by atoms with Crippen LogP contribution in [0.15, 0.2) is 35.3 Å². The molecule has 0 unspecified atom stereocenters. The Labute approximate surface area is 220 Å². The van der Waals surface area contributed by atoms with Crippen molar-refractivity contribution >= 4 is 32.7 Å². The molecular weight excluding hydrogens is 547 g/mol. The number of hydrogen-bond acceptors (Lipinski definition) is 7. The zero-order valence-electron chi connectivity index (χ0n) is 21.0. The SMILES string of the molecule is CC(C)n1c(=O)c(-c2ccc(NS(=O)(=O)CCC(F)(F)F)c(F)c2)cc2cnc(N[C@@H]3CNC[C@@H](F)C3)nc21. The van der Waals surface area contributed by atoms with Crippen molar-refractivity contribution in [3.8, 4) is 11.1 Å². The first kappa shape index (κ1) is 28.7. The topological polar surface area (TPSA) is 118 Å². The maximum atomic E-state index is 14.8. The molecule has 3 heterocycles. The molecule has 1 aromatic carbocycles. The third-order valence-corrected chi connectivity index (χ3v) is 7.39. The Morgan fingerprint density at radius 3 is 2.59 bits per heavy atom. The van der Waals surface area contributed by atoms with Crippen molar-refractivity contribution in [2.24, 2.45) is 0 Å². The van der Waals surface area contributed by atoms with Crippen LogP contribution in [0.4, 0.5) is 33.6 Å². The van der Waals surface area contributed by atoms with E-state index >= 15 is 0 Å². The lowest BCUT2D eigenvalue weighted by Crippen LogP contribution is -2.44. The molecule has 3 aromatic rings. The lowest BCUT2D eigenvalue weighted by atomic mass is 10.0. The third kappa shape index (κ3) is 7.01. The van der Waals surface area contributed by atoms with Gasteiger partial charge in [-0.15, -0.1) is 0 Å². The molecule has 2 aromatic heterocycles. The monoisotopic (exact) mass is 574 g/mol. The summed E-state index contributed by atoms with van der Waals surface area (Å²) < 4.78 is 92.9. The number of rotatable bonds is 8. The van der Waals surface area contributed by atoms with E-state index in [1.807, 2.05) is 4.72 Å². The molecule has 0 saturated carbocycles. The Bertz CT molecular complexity index is 1530. The van der Waals surface area contributed by atoms with E-state index in [-0.39, 0.29) is 42.1 Å².